The minimum atomic E-state index is -0.904. The predicted octanol–water partition coefficient (Wildman–Crippen LogP) is 2.19. The first-order valence-corrected chi connectivity index (χ1v) is 7.85. The summed E-state index contributed by atoms with van der Waals surface area (Å²) < 4.78 is 0. The average Bonchev–Trinajstić information content (AvgIpc) is 1.59. The molecule has 0 N–H and O–H groups in total. The molecular weight excluding hydrogens is 132 g/mol. The van der Waals surface area contributed by atoms with E-state index in [0.29, 0.717) is 0 Å². The third-order valence-electron chi connectivity index (χ3n) is 0.589. The Hall–Kier alpha value is 0.127. The Bertz CT molecular complexity index is 96.1. The second-order valence-electron chi connectivity index (χ2n) is 2.61. The largest absolute Gasteiger partial charge is 0.173 e. The Morgan fingerprint density at radius 3 is 2.12 bits per heavy atom. The van der Waals surface area contributed by atoms with Crippen molar-refractivity contribution in [3.8, 4) is 12.3 Å². The van der Waals surface area contributed by atoms with E-state index in [2.05, 4.69) is 25.6 Å². The van der Waals surface area contributed by atoms with Gasteiger partial charge < -0.3 is 0 Å². The first-order chi connectivity index (χ1) is 3.56. The summed E-state index contributed by atoms with van der Waals surface area (Å²) in [4.78, 5) is 0. The molecule has 0 aromatic heterocycles. The van der Waals surface area contributed by atoms with Crippen LogP contribution in [0, 0.1) is 12.3 Å². The fraction of sp³-hybridized carbons (Fsp3) is 0.667. The lowest BCUT2D eigenvalue weighted by Gasteiger charge is -2.11. The molecule has 0 aliphatic carbocycles. The van der Waals surface area contributed by atoms with E-state index in [-0.39, 0.29) is 0 Å². The van der Waals surface area contributed by atoms with Gasteiger partial charge in [-0.1, -0.05) is 25.6 Å². The molecule has 0 spiro atoms. The molecule has 0 rings (SSSR count). The maximum Gasteiger partial charge on any atom is 0.109 e. The lowest BCUT2D eigenvalue weighted by Crippen LogP contribution is -2.14. The van der Waals surface area contributed by atoms with Crippen LogP contribution in [0.4, 0.5) is 0 Å². The summed E-state index contributed by atoms with van der Waals surface area (Å²) in [6, 6.07) is 0. The van der Waals surface area contributed by atoms with E-state index in [0.717, 1.165) is 5.75 Å². The quantitative estimate of drug-likeness (QED) is 0.423. The van der Waals surface area contributed by atoms with Gasteiger partial charge in [-0.3, -0.25) is 0 Å². The number of rotatable bonds is 2. The Morgan fingerprint density at radius 1 is 1.50 bits per heavy atom. The van der Waals surface area contributed by atoms with Crippen LogP contribution in [0.2, 0.25) is 19.6 Å². The molecule has 0 unspecified atom stereocenters. The monoisotopic (exact) mass is 144 g/mol. The molecule has 0 aliphatic heterocycles. The molecule has 46 valence electrons. The molecule has 2 heteroatoms. The number of hydrogen-bond donors (Lipinski definition) is 0. The third-order valence-corrected chi connectivity index (χ3v) is 4.80. The van der Waals surface area contributed by atoms with Crippen LogP contribution in [-0.2, 0) is 0 Å². The SMILES string of the molecule is C#CCS[Si](C)(C)C. The second-order valence-corrected chi connectivity index (χ2v) is 11.9. The zero-order valence-corrected chi connectivity index (χ0v) is 7.51. The Labute approximate surface area is 56.7 Å². The van der Waals surface area contributed by atoms with Gasteiger partial charge in [0.25, 0.3) is 0 Å². The normalized spacial score (nSPS) is 10.8. The van der Waals surface area contributed by atoms with E-state index in [4.69, 9.17) is 6.42 Å². The van der Waals surface area contributed by atoms with Crippen LogP contribution >= 0.6 is 11.2 Å². The van der Waals surface area contributed by atoms with E-state index in [1.807, 2.05) is 11.2 Å². The van der Waals surface area contributed by atoms with Crippen molar-refractivity contribution in [2.45, 2.75) is 19.6 Å². The van der Waals surface area contributed by atoms with Gasteiger partial charge in [0.2, 0.25) is 0 Å². The van der Waals surface area contributed by atoms with Gasteiger partial charge in [-0.05, 0) is 0 Å². The molecule has 0 aromatic rings. The Balaban J connectivity index is 3.28. The molecule has 0 nitrogen and oxygen atoms in total. The summed E-state index contributed by atoms with van der Waals surface area (Å²) >= 11 is 1.94. The average molecular weight is 144 g/mol. The van der Waals surface area contributed by atoms with Gasteiger partial charge in [-0.25, -0.2) is 0 Å². The van der Waals surface area contributed by atoms with Gasteiger partial charge in [0.05, 0.1) is 0 Å². The lowest BCUT2D eigenvalue weighted by molar-refractivity contribution is 1.85. The third kappa shape index (κ3) is 6.13. The van der Waals surface area contributed by atoms with Gasteiger partial charge in [-0.15, -0.1) is 6.42 Å². The van der Waals surface area contributed by atoms with Crippen molar-refractivity contribution in [2.75, 3.05) is 5.75 Å². The van der Waals surface area contributed by atoms with Crippen LogP contribution in [0.25, 0.3) is 0 Å². The number of hydrogen-bond acceptors (Lipinski definition) is 1. The van der Waals surface area contributed by atoms with Crippen molar-refractivity contribution in [1.29, 1.82) is 0 Å². The molecule has 8 heavy (non-hydrogen) atoms. The van der Waals surface area contributed by atoms with E-state index in [1.165, 1.54) is 0 Å². The number of terminal acetylenes is 1. The highest BCUT2D eigenvalue weighted by Crippen LogP contribution is 2.17. The molecule has 0 saturated carbocycles. The minimum absolute atomic E-state index is 0.885. The fourth-order valence-electron chi connectivity index (χ4n) is 0.258. The van der Waals surface area contributed by atoms with Gasteiger partial charge in [-0.2, -0.15) is 11.2 Å². The summed E-state index contributed by atoms with van der Waals surface area (Å²) in [5.41, 5.74) is 0. The van der Waals surface area contributed by atoms with Gasteiger partial charge in [0.1, 0.15) is 7.22 Å². The van der Waals surface area contributed by atoms with Crippen LogP contribution in [0.15, 0.2) is 0 Å². The van der Waals surface area contributed by atoms with Crippen molar-refractivity contribution >= 4 is 18.4 Å². The first-order valence-electron chi connectivity index (χ1n) is 2.64. The molecule has 0 aliphatic rings. The molecule has 0 saturated heterocycles. The highest BCUT2D eigenvalue weighted by atomic mass is 32.4. The standard InChI is InChI=1S/C6H12SSi/c1-5-6-7-8(2,3)4/h1H,6H2,2-4H3. The van der Waals surface area contributed by atoms with Crippen LogP contribution in [0.5, 0.6) is 0 Å². The highest BCUT2D eigenvalue weighted by Gasteiger charge is 2.11. The summed E-state index contributed by atoms with van der Waals surface area (Å²) in [5, 5.41) is 0. The lowest BCUT2D eigenvalue weighted by atomic mass is 10.8. The summed E-state index contributed by atoms with van der Waals surface area (Å²) in [7, 11) is -0.904. The maximum absolute atomic E-state index is 5.09. The van der Waals surface area contributed by atoms with Crippen molar-refractivity contribution in [2.24, 2.45) is 0 Å². The van der Waals surface area contributed by atoms with Gasteiger partial charge in [0.15, 0.2) is 0 Å². The molecule has 0 amide bonds. The van der Waals surface area contributed by atoms with Crippen LogP contribution in [0.1, 0.15) is 0 Å². The summed E-state index contributed by atoms with van der Waals surface area (Å²) in [6.07, 6.45) is 5.09. The smallest absolute Gasteiger partial charge is 0.109 e. The zero-order valence-electron chi connectivity index (χ0n) is 5.69. The molecular formula is C6H12SSi. The van der Waals surface area contributed by atoms with Crippen LogP contribution in [-0.4, -0.2) is 13.0 Å². The van der Waals surface area contributed by atoms with Crippen molar-refractivity contribution in [1.82, 2.24) is 0 Å². The molecule has 0 heterocycles. The van der Waals surface area contributed by atoms with E-state index < -0.39 is 7.22 Å². The van der Waals surface area contributed by atoms with Crippen LogP contribution < -0.4 is 0 Å². The van der Waals surface area contributed by atoms with Crippen molar-refractivity contribution in [3.63, 3.8) is 0 Å². The topological polar surface area (TPSA) is 0 Å². The Morgan fingerprint density at radius 2 is 2.00 bits per heavy atom. The molecule has 0 aromatic carbocycles. The summed E-state index contributed by atoms with van der Waals surface area (Å²) in [6.45, 7) is 6.90. The molecule has 0 fully saturated rings. The molecule has 0 radical (unpaired) electrons. The van der Waals surface area contributed by atoms with E-state index in [9.17, 15) is 0 Å². The van der Waals surface area contributed by atoms with E-state index >= 15 is 0 Å². The Kier molecular flexibility index (Phi) is 3.26. The maximum atomic E-state index is 5.09. The zero-order chi connectivity index (χ0) is 6.62. The predicted molar refractivity (Wildman–Crippen MR) is 44.6 cm³/mol. The fourth-order valence-corrected chi connectivity index (χ4v) is 2.32. The second kappa shape index (κ2) is 3.21. The van der Waals surface area contributed by atoms with Crippen LogP contribution in [0.3, 0.4) is 0 Å². The van der Waals surface area contributed by atoms with Crippen molar-refractivity contribution < 1.29 is 0 Å². The first kappa shape index (κ1) is 8.13. The van der Waals surface area contributed by atoms with E-state index in [1.54, 1.807) is 0 Å². The van der Waals surface area contributed by atoms with Gasteiger partial charge in [0, 0.05) is 5.75 Å². The van der Waals surface area contributed by atoms with Gasteiger partial charge >= 0.3 is 0 Å². The van der Waals surface area contributed by atoms with Crippen molar-refractivity contribution in [3.05, 3.63) is 0 Å². The molecule has 0 bridgehead atoms. The highest BCUT2D eigenvalue weighted by molar-refractivity contribution is 8.28. The summed E-state index contributed by atoms with van der Waals surface area (Å²) in [5.74, 6) is 3.51. The minimum Gasteiger partial charge on any atom is -0.173 e. The molecule has 0 atom stereocenters.